The third kappa shape index (κ3) is 6.74. The van der Waals surface area contributed by atoms with E-state index < -0.39 is 0 Å². The molecular formula is C17H29NO. The van der Waals surface area contributed by atoms with Crippen LogP contribution in [0.2, 0.25) is 0 Å². The predicted molar refractivity (Wildman–Crippen MR) is 82.7 cm³/mol. The van der Waals surface area contributed by atoms with Gasteiger partial charge in [-0.3, -0.25) is 0 Å². The second kappa shape index (κ2) is 9.99. The molecule has 0 saturated carbocycles. The van der Waals surface area contributed by atoms with Crippen LogP contribution >= 0.6 is 0 Å². The van der Waals surface area contributed by atoms with Crippen molar-refractivity contribution in [3.63, 3.8) is 0 Å². The largest absolute Gasteiger partial charge is 0.385 e. The first-order chi connectivity index (χ1) is 9.27. The molecular weight excluding hydrogens is 234 g/mol. The fourth-order valence-corrected chi connectivity index (χ4v) is 2.39. The number of aryl methyl sites for hydroxylation is 2. The van der Waals surface area contributed by atoms with Crippen LogP contribution in [0.3, 0.4) is 0 Å². The minimum absolute atomic E-state index is 0.620. The summed E-state index contributed by atoms with van der Waals surface area (Å²) >= 11 is 0. The zero-order valence-electron chi connectivity index (χ0n) is 12.7. The Labute approximate surface area is 118 Å². The van der Waals surface area contributed by atoms with Crippen molar-refractivity contribution in [3.05, 3.63) is 35.4 Å². The van der Waals surface area contributed by atoms with E-state index in [0.29, 0.717) is 6.04 Å². The Bertz CT molecular complexity index is 338. The first kappa shape index (κ1) is 16.2. The van der Waals surface area contributed by atoms with Gasteiger partial charge in [0, 0.05) is 19.8 Å². The average molecular weight is 263 g/mol. The van der Waals surface area contributed by atoms with E-state index >= 15 is 0 Å². The topological polar surface area (TPSA) is 21.3 Å². The molecule has 1 rings (SSSR count). The minimum atomic E-state index is 0.620. The maximum absolute atomic E-state index is 5.15. The number of ether oxygens (including phenoxy) is 1. The fourth-order valence-electron chi connectivity index (χ4n) is 2.39. The number of methoxy groups -OCH3 is 1. The number of rotatable bonds is 10. The van der Waals surface area contributed by atoms with Crippen LogP contribution in [0.5, 0.6) is 0 Å². The van der Waals surface area contributed by atoms with Crippen LogP contribution in [0.1, 0.15) is 43.7 Å². The number of nitrogens with one attached hydrogen (secondary N) is 1. The number of benzene rings is 1. The highest BCUT2D eigenvalue weighted by Crippen LogP contribution is 2.13. The van der Waals surface area contributed by atoms with Gasteiger partial charge in [-0.2, -0.15) is 0 Å². The molecule has 1 aromatic carbocycles. The molecule has 0 aromatic heterocycles. The van der Waals surface area contributed by atoms with Crippen molar-refractivity contribution < 1.29 is 4.74 Å². The lowest BCUT2D eigenvalue weighted by Crippen LogP contribution is -2.30. The molecule has 2 nitrogen and oxygen atoms in total. The highest BCUT2D eigenvalue weighted by atomic mass is 16.5. The number of hydrogen-bond acceptors (Lipinski definition) is 2. The summed E-state index contributed by atoms with van der Waals surface area (Å²) in [5.41, 5.74) is 2.89. The molecule has 0 heterocycles. The van der Waals surface area contributed by atoms with E-state index in [0.717, 1.165) is 19.6 Å². The Morgan fingerprint density at radius 2 is 2.00 bits per heavy atom. The van der Waals surface area contributed by atoms with Crippen LogP contribution in [-0.2, 0) is 11.2 Å². The Balaban J connectivity index is 2.40. The second-order valence-electron chi connectivity index (χ2n) is 5.25. The second-order valence-corrected chi connectivity index (χ2v) is 5.25. The van der Waals surface area contributed by atoms with Crippen LogP contribution in [0, 0.1) is 6.92 Å². The van der Waals surface area contributed by atoms with Gasteiger partial charge in [-0.25, -0.2) is 0 Å². The Morgan fingerprint density at radius 3 is 2.68 bits per heavy atom. The van der Waals surface area contributed by atoms with Gasteiger partial charge in [0.2, 0.25) is 0 Å². The molecule has 0 saturated heterocycles. The minimum Gasteiger partial charge on any atom is -0.385 e. The molecule has 0 radical (unpaired) electrons. The van der Waals surface area contributed by atoms with Gasteiger partial charge in [-0.15, -0.1) is 0 Å². The van der Waals surface area contributed by atoms with Crippen LogP contribution in [0.25, 0.3) is 0 Å². The van der Waals surface area contributed by atoms with Gasteiger partial charge in [0.15, 0.2) is 0 Å². The lowest BCUT2D eigenvalue weighted by molar-refractivity contribution is 0.188. The molecule has 2 heteroatoms. The van der Waals surface area contributed by atoms with Crippen molar-refractivity contribution >= 4 is 0 Å². The smallest absolute Gasteiger partial charge is 0.0462 e. The monoisotopic (exact) mass is 263 g/mol. The molecule has 1 unspecified atom stereocenters. The first-order valence-electron chi connectivity index (χ1n) is 7.54. The van der Waals surface area contributed by atoms with Crippen molar-refractivity contribution in [2.24, 2.45) is 0 Å². The highest BCUT2D eigenvalue weighted by molar-refractivity contribution is 5.25. The Hall–Kier alpha value is -0.860. The predicted octanol–water partition coefficient (Wildman–Crippen LogP) is 3.72. The van der Waals surface area contributed by atoms with Crippen molar-refractivity contribution in [1.82, 2.24) is 5.32 Å². The summed E-state index contributed by atoms with van der Waals surface area (Å²) in [6.45, 7) is 6.41. The summed E-state index contributed by atoms with van der Waals surface area (Å²) < 4.78 is 5.15. The zero-order chi connectivity index (χ0) is 13.9. The van der Waals surface area contributed by atoms with Crippen molar-refractivity contribution in [2.75, 3.05) is 20.3 Å². The molecule has 0 spiro atoms. The molecule has 0 bridgehead atoms. The zero-order valence-corrected chi connectivity index (χ0v) is 12.7. The summed E-state index contributed by atoms with van der Waals surface area (Å²) in [5.74, 6) is 0. The van der Waals surface area contributed by atoms with Gasteiger partial charge in [0.05, 0.1) is 0 Å². The first-order valence-corrected chi connectivity index (χ1v) is 7.54. The molecule has 0 aliphatic carbocycles. The molecule has 1 N–H and O–H groups in total. The maximum Gasteiger partial charge on any atom is 0.0462 e. The quantitative estimate of drug-likeness (QED) is 0.650. The summed E-state index contributed by atoms with van der Waals surface area (Å²) in [5, 5.41) is 3.66. The fraction of sp³-hybridized carbons (Fsp3) is 0.647. The Kier molecular flexibility index (Phi) is 8.52. The van der Waals surface area contributed by atoms with Crippen molar-refractivity contribution in [1.29, 1.82) is 0 Å². The summed E-state index contributed by atoms with van der Waals surface area (Å²) in [4.78, 5) is 0. The van der Waals surface area contributed by atoms with Gasteiger partial charge in [-0.05, 0) is 56.7 Å². The van der Waals surface area contributed by atoms with Crippen LogP contribution in [-0.4, -0.2) is 26.3 Å². The van der Waals surface area contributed by atoms with E-state index in [4.69, 9.17) is 4.74 Å². The molecule has 1 atom stereocenters. The highest BCUT2D eigenvalue weighted by Gasteiger charge is 2.08. The molecule has 19 heavy (non-hydrogen) atoms. The summed E-state index contributed by atoms with van der Waals surface area (Å²) in [6.07, 6.45) is 5.94. The maximum atomic E-state index is 5.15. The van der Waals surface area contributed by atoms with E-state index in [2.05, 4.69) is 43.4 Å². The standard InChI is InChI=1S/C17H29NO/c1-4-13-18-17(10-7-14-19-3)12-11-16-9-6-5-8-15(16)2/h5-6,8-9,17-18H,4,7,10-14H2,1-3H3. The van der Waals surface area contributed by atoms with E-state index in [1.54, 1.807) is 7.11 Å². The van der Waals surface area contributed by atoms with E-state index in [9.17, 15) is 0 Å². The van der Waals surface area contributed by atoms with Crippen molar-refractivity contribution in [3.8, 4) is 0 Å². The molecule has 0 aliphatic rings. The van der Waals surface area contributed by atoms with E-state index in [1.165, 1.54) is 36.8 Å². The van der Waals surface area contributed by atoms with Crippen molar-refractivity contribution in [2.45, 2.75) is 52.0 Å². The lowest BCUT2D eigenvalue weighted by Gasteiger charge is -2.19. The van der Waals surface area contributed by atoms with Crippen LogP contribution in [0.15, 0.2) is 24.3 Å². The van der Waals surface area contributed by atoms with E-state index in [1.807, 2.05) is 0 Å². The van der Waals surface area contributed by atoms with Gasteiger partial charge in [0.1, 0.15) is 0 Å². The summed E-state index contributed by atoms with van der Waals surface area (Å²) in [6, 6.07) is 9.33. The van der Waals surface area contributed by atoms with Gasteiger partial charge >= 0.3 is 0 Å². The molecule has 108 valence electrons. The Morgan fingerprint density at radius 1 is 1.21 bits per heavy atom. The third-order valence-corrected chi connectivity index (χ3v) is 3.61. The van der Waals surface area contributed by atoms with Gasteiger partial charge < -0.3 is 10.1 Å². The summed E-state index contributed by atoms with van der Waals surface area (Å²) in [7, 11) is 1.78. The van der Waals surface area contributed by atoms with E-state index in [-0.39, 0.29) is 0 Å². The molecule has 0 amide bonds. The molecule has 0 fully saturated rings. The SMILES string of the molecule is CCCNC(CCCOC)CCc1ccccc1C. The van der Waals surface area contributed by atoms with Gasteiger partial charge in [-0.1, -0.05) is 31.2 Å². The van der Waals surface area contributed by atoms with Crippen LogP contribution in [0.4, 0.5) is 0 Å². The van der Waals surface area contributed by atoms with Crippen LogP contribution < -0.4 is 5.32 Å². The third-order valence-electron chi connectivity index (χ3n) is 3.61. The lowest BCUT2D eigenvalue weighted by atomic mass is 9.98. The number of hydrogen-bond donors (Lipinski definition) is 1. The van der Waals surface area contributed by atoms with Gasteiger partial charge in [0.25, 0.3) is 0 Å². The molecule has 0 aliphatic heterocycles. The molecule has 1 aromatic rings. The average Bonchev–Trinajstić information content (AvgIpc) is 2.43. The normalized spacial score (nSPS) is 12.6.